The van der Waals surface area contributed by atoms with Gasteiger partial charge >= 0.3 is 5.97 Å². The summed E-state index contributed by atoms with van der Waals surface area (Å²) in [6.07, 6.45) is 0. The lowest BCUT2D eigenvalue weighted by molar-refractivity contribution is -0.385. The fourth-order valence-electron chi connectivity index (χ4n) is 2.55. The van der Waals surface area contributed by atoms with E-state index >= 15 is 0 Å². The molecule has 0 aromatic heterocycles. The maximum absolute atomic E-state index is 12.3. The zero-order valence-electron chi connectivity index (χ0n) is 13.5. The quantitative estimate of drug-likeness (QED) is 0.428. The average molecular weight is 395 g/mol. The van der Waals surface area contributed by atoms with Gasteiger partial charge in [0.15, 0.2) is 6.79 Å². The Morgan fingerprint density at radius 1 is 1.19 bits per heavy atom. The molecule has 0 radical (unpaired) electrons. The maximum Gasteiger partial charge on any atom is 0.345 e. The zero-order valence-corrected chi connectivity index (χ0v) is 14.3. The molecule has 11 heteroatoms. The number of non-ortho nitro benzene ring substituents is 1. The van der Waals surface area contributed by atoms with Gasteiger partial charge in [-0.3, -0.25) is 20.2 Å². The van der Waals surface area contributed by atoms with Crippen molar-refractivity contribution in [3.05, 3.63) is 72.3 Å². The first-order chi connectivity index (χ1) is 12.9. The third kappa shape index (κ3) is 3.96. The van der Waals surface area contributed by atoms with Crippen LogP contribution in [0.25, 0.3) is 0 Å². The number of carbonyl (C=O) groups excluding carboxylic acids is 1. The van der Waals surface area contributed by atoms with E-state index in [0.29, 0.717) is 11.3 Å². The van der Waals surface area contributed by atoms with Crippen molar-refractivity contribution >= 4 is 28.9 Å². The van der Waals surface area contributed by atoms with Crippen molar-refractivity contribution in [3.63, 3.8) is 0 Å². The van der Waals surface area contributed by atoms with Gasteiger partial charge in [0.1, 0.15) is 17.9 Å². The minimum Gasteiger partial charge on any atom is -0.467 e. The Balaban J connectivity index is 1.88. The molecule has 0 aliphatic carbocycles. The number of nitro groups is 2. The SMILES string of the molecule is O=C(OCc1cc([N+](=O)[O-])cc2c1OCOC2)c1cc(Cl)ccc1[N+](=O)[O-]. The number of hydrogen-bond acceptors (Lipinski definition) is 8. The molecule has 0 spiro atoms. The molecule has 3 rings (SSSR count). The molecule has 1 aliphatic heterocycles. The predicted molar refractivity (Wildman–Crippen MR) is 90.6 cm³/mol. The Morgan fingerprint density at radius 2 is 1.96 bits per heavy atom. The number of benzene rings is 2. The molecule has 140 valence electrons. The maximum atomic E-state index is 12.3. The van der Waals surface area contributed by atoms with Gasteiger partial charge in [-0.1, -0.05) is 11.6 Å². The van der Waals surface area contributed by atoms with Crippen molar-refractivity contribution in [1.29, 1.82) is 0 Å². The molecule has 10 nitrogen and oxygen atoms in total. The first-order valence-corrected chi connectivity index (χ1v) is 7.86. The molecule has 0 amide bonds. The summed E-state index contributed by atoms with van der Waals surface area (Å²) in [6.45, 7) is -0.324. The number of esters is 1. The molecule has 1 heterocycles. The summed E-state index contributed by atoms with van der Waals surface area (Å²) in [5.74, 6) is -0.670. The van der Waals surface area contributed by atoms with E-state index in [1.165, 1.54) is 18.2 Å². The average Bonchev–Trinajstić information content (AvgIpc) is 2.65. The van der Waals surface area contributed by atoms with Crippen LogP contribution in [-0.4, -0.2) is 22.6 Å². The van der Waals surface area contributed by atoms with Crippen LogP contribution in [0.1, 0.15) is 21.5 Å². The molecule has 0 saturated carbocycles. The largest absolute Gasteiger partial charge is 0.467 e. The van der Waals surface area contributed by atoms with Gasteiger partial charge in [-0.15, -0.1) is 0 Å². The number of halogens is 1. The van der Waals surface area contributed by atoms with Gasteiger partial charge < -0.3 is 14.2 Å². The number of nitro benzene ring substituents is 2. The Kier molecular flexibility index (Phi) is 5.19. The summed E-state index contributed by atoms with van der Waals surface area (Å²) >= 11 is 5.79. The highest BCUT2D eigenvalue weighted by molar-refractivity contribution is 6.31. The van der Waals surface area contributed by atoms with Crippen molar-refractivity contribution in [3.8, 4) is 5.75 Å². The second-order valence-corrected chi connectivity index (χ2v) is 5.89. The van der Waals surface area contributed by atoms with Crippen LogP contribution in [-0.2, 0) is 22.7 Å². The Hall–Kier alpha value is -3.24. The summed E-state index contributed by atoms with van der Waals surface area (Å²) in [4.78, 5) is 33.1. The van der Waals surface area contributed by atoms with Gasteiger partial charge in [0.25, 0.3) is 11.4 Å². The first kappa shape index (κ1) is 18.5. The summed E-state index contributed by atoms with van der Waals surface area (Å²) in [6, 6.07) is 6.01. The minimum absolute atomic E-state index is 0.0501. The predicted octanol–water partition coefficient (Wildman–Crippen LogP) is 3.38. The van der Waals surface area contributed by atoms with Crippen molar-refractivity contribution < 1.29 is 28.9 Å². The molecule has 27 heavy (non-hydrogen) atoms. The normalized spacial score (nSPS) is 12.6. The Labute approximate surface area is 156 Å². The van der Waals surface area contributed by atoms with Crippen molar-refractivity contribution in [2.45, 2.75) is 13.2 Å². The third-order valence-corrected chi connectivity index (χ3v) is 3.95. The molecule has 1 aliphatic rings. The lowest BCUT2D eigenvalue weighted by Gasteiger charge is -2.20. The fraction of sp³-hybridized carbons (Fsp3) is 0.188. The van der Waals surface area contributed by atoms with Crippen LogP contribution in [0.3, 0.4) is 0 Å². The highest BCUT2D eigenvalue weighted by atomic mass is 35.5. The number of rotatable bonds is 5. The van der Waals surface area contributed by atoms with Crippen LogP contribution >= 0.6 is 11.6 Å². The van der Waals surface area contributed by atoms with E-state index in [1.54, 1.807) is 0 Å². The minimum atomic E-state index is -0.989. The third-order valence-electron chi connectivity index (χ3n) is 3.72. The van der Waals surface area contributed by atoms with Gasteiger partial charge in [-0.2, -0.15) is 0 Å². The van der Waals surface area contributed by atoms with Gasteiger partial charge in [-0.05, 0) is 12.1 Å². The smallest absolute Gasteiger partial charge is 0.345 e. The molecule has 2 aromatic rings. The summed E-state index contributed by atoms with van der Waals surface area (Å²) in [5.41, 5.74) is -0.315. The van der Waals surface area contributed by atoms with Gasteiger partial charge in [0.2, 0.25) is 0 Å². The van der Waals surface area contributed by atoms with E-state index in [4.69, 9.17) is 25.8 Å². The molecular formula is C16H11ClN2O8. The topological polar surface area (TPSA) is 131 Å². The number of ether oxygens (including phenoxy) is 3. The number of hydrogen-bond donors (Lipinski definition) is 0. The van der Waals surface area contributed by atoms with E-state index in [2.05, 4.69) is 0 Å². The molecule has 0 atom stereocenters. The molecule has 0 saturated heterocycles. The van der Waals surface area contributed by atoms with E-state index in [1.807, 2.05) is 0 Å². The van der Waals surface area contributed by atoms with Crippen molar-refractivity contribution in [2.75, 3.05) is 6.79 Å². The standard InChI is InChI=1S/C16H11ClN2O8/c17-11-1-2-14(19(23)24)13(5-11)16(20)26-7-10-4-12(18(21)22)3-9-6-25-8-27-15(9)10/h1-5H,6-8H2. The van der Waals surface area contributed by atoms with Crippen LogP contribution < -0.4 is 4.74 Å². The highest BCUT2D eigenvalue weighted by Crippen LogP contribution is 2.33. The lowest BCUT2D eigenvalue weighted by Crippen LogP contribution is -2.15. The molecule has 0 N–H and O–H groups in total. The monoisotopic (exact) mass is 394 g/mol. The lowest BCUT2D eigenvalue weighted by atomic mass is 10.1. The van der Waals surface area contributed by atoms with Crippen molar-refractivity contribution in [2.24, 2.45) is 0 Å². The molecule has 0 unspecified atom stereocenters. The number of carbonyl (C=O) groups is 1. The molecular weight excluding hydrogens is 384 g/mol. The van der Waals surface area contributed by atoms with Gasteiger partial charge in [0.05, 0.1) is 16.5 Å². The number of nitrogens with zero attached hydrogens (tertiary/aromatic N) is 2. The second kappa shape index (κ2) is 7.56. The van der Waals surface area contributed by atoms with E-state index in [-0.39, 0.29) is 41.8 Å². The summed E-state index contributed by atoms with van der Waals surface area (Å²) < 4.78 is 15.6. The van der Waals surface area contributed by atoms with Crippen LogP contribution in [0, 0.1) is 20.2 Å². The molecule has 2 aromatic carbocycles. The molecule has 0 bridgehead atoms. The molecule has 0 fully saturated rings. The highest BCUT2D eigenvalue weighted by Gasteiger charge is 2.25. The van der Waals surface area contributed by atoms with E-state index < -0.39 is 21.5 Å². The second-order valence-electron chi connectivity index (χ2n) is 5.46. The van der Waals surface area contributed by atoms with Gasteiger partial charge in [0, 0.05) is 34.3 Å². The Bertz CT molecular complexity index is 946. The van der Waals surface area contributed by atoms with Crippen LogP contribution in [0.15, 0.2) is 30.3 Å². The van der Waals surface area contributed by atoms with Crippen LogP contribution in [0.2, 0.25) is 5.02 Å². The van der Waals surface area contributed by atoms with Crippen LogP contribution in [0.5, 0.6) is 5.75 Å². The van der Waals surface area contributed by atoms with Gasteiger partial charge in [-0.25, -0.2) is 4.79 Å². The first-order valence-electron chi connectivity index (χ1n) is 7.48. The zero-order chi connectivity index (χ0) is 19.6. The summed E-state index contributed by atoms with van der Waals surface area (Å²) in [7, 11) is 0. The fourth-order valence-corrected chi connectivity index (χ4v) is 2.72. The van der Waals surface area contributed by atoms with E-state index in [0.717, 1.165) is 12.1 Å². The summed E-state index contributed by atoms with van der Waals surface area (Å²) in [5, 5.41) is 22.3. The van der Waals surface area contributed by atoms with Crippen molar-refractivity contribution in [1.82, 2.24) is 0 Å². The Morgan fingerprint density at radius 3 is 2.67 bits per heavy atom. The van der Waals surface area contributed by atoms with E-state index in [9.17, 15) is 25.0 Å². The number of fused-ring (bicyclic) bond motifs is 1. The van der Waals surface area contributed by atoms with Crippen LogP contribution in [0.4, 0.5) is 11.4 Å².